The first-order chi connectivity index (χ1) is 20.3. The van der Waals surface area contributed by atoms with Crippen LogP contribution >= 0.6 is 0 Å². The highest BCUT2D eigenvalue weighted by Gasteiger charge is 2.61. The number of hydrogen-bond donors (Lipinski definition) is 2. The number of ether oxygens (including phenoxy) is 1. The van der Waals surface area contributed by atoms with Crippen molar-refractivity contribution in [1.29, 1.82) is 0 Å². The average molecular weight is 566 g/mol. The number of aromatic nitrogens is 1. The fourth-order valence-corrected chi connectivity index (χ4v) is 9.71. The summed E-state index contributed by atoms with van der Waals surface area (Å²) in [5.74, 6) is 2.44. The summed E-state index contributed by atoms with van der Waals surface area (Å²) in [5.41, 5.74) is 7.13. The van der Waals surface area contributed by atoms with Crippen molar-refractivity contribution in [2.24, 2.45) is 39.6 Å². The van der Waals surface area contributed by atoms with Gasteiger partial charge in [-0.05, 0) is 111 Å². The maximum Gasteiger partial charge on any atom is 0.338 e. The first-order valence-corrected chi connectivity index (χ1v) is 16.0. The topological polar surface area (TPSA) is 83.6 Å². The van der Waals surface area contributed by atoms with Crippen LogP contribution in [0.5, 0.6) is 0 Å². The lowest BCUT2D eigenvalue weighted by Gasteiger charge is -2.60. The number of aromatic amines is 1. The molecule has 42 heavy (non-hydrogen) atoms. The van der Waals surface area contributed by atoms with Crippen molar-refractivity contribution in [2.75, 3.05) is 0 Å². The Bertz CT molecular complexity index is 1510. The van der Waals surface area contributed by atoms with Crippen LogP contribution in [0.4, 0.5) is 0 Å². The Kier molecular flexibility index (Phi) is 6.99. The van der Waals surface area contributed by atoms with Crippen molar-refractivity contribution >= 4 is 28.5 Å². The fourth-order valence-electron chi connectivity index (χ4n) is 9.71. The number of esters is 1. The Hall–Kier alpha value is -3.41. The van der Waals surface area contributed by atoms with E-state index >= 15 is 0 Å². The molecular weight excluding hydrogens is 522 g/mol. The summed E-state index contributed by atoms with van der Waals surface area (Å²) in [6, 6.07) is 17.5. The summed E-state index contributed by atoms with van der Waals surface area (Å²) in [4.78, 5) is 29.0. The van der Waals surface area contributed by atoms with Gasteiger partial charge in [0.15, 0.2) is 0 Å². The predicted molar refractivity (Wildman–Crippen MR) is 165 cm³/mol. The number of benzene rings is 2. The quantitative estimate of drug-likeness (QED) is 0.249. The lowest BCUT2D eigenvalue weighted by Crippen LogP contribution is -2.54. The summed E-state index contributed by atoms with van der Waals surface area (Å²) in [7, 11) is 0. The van der Waals surface area contributed by atoms with Gasteiger partial charge in [0, 0.05) is 28.2 Å². The largest absolute Gasteiger partial charge is 0.458 e. The third kappa shape index (κ3) is 4.67. The van der Waals surface area contributed by atoms with Gasteiger partial charge in [0.1, 0.15) is 6.10 Å². The molecule has 2 N–H and O–H groups in total. The number of H-pyrrole nitrogens is 1. The van der Waals surface area contributed by atoms with E-state index in [0.717, 1.165) is 60.2 Å². The van der Waals surface area contributed by atoms with E-state index in [4.69, 9.17) is 4.74 Å². The molecule has 1 heterocycles. The molecule has 3 aromatic rings. The maximum atomic E-state index is 12.9. The van der Waals surface area contributed by atoms with Crippen molar-refractivity contribution < 1.29 is 14.3 Å². The second-order valence-corrected chi connectivity index (χ2v) is 14.0. The molecule has 4 aliphatic carbocycles. The molecule has 6 nitrogen and oxygen atoms in total. The molecule has 2 aromatic carbocycles. The van der Waals surface area contributed by atoms with Crippen LogP contribution in [0.15, 0.2) is 65.9 Å². The number of hydrogen-bond acceptors (Lipinski definition) is 4. The van der Waals surface area contributed by atoms with Crippen LogP contribution in [0, 0.1) is 34.5 Å². The zero-order chi connectivity index (χ0) is 28.9. The normalized spacial score (nSPS) is 34.8. The van der Waals surface area contributed by atoms with Crippen LogP contribution in [-0.2, 0) is 16.0 Å². The van der Waals surface area contributed by atoms with Crippen molar-refractivity contribution in [3.05, 3.63) is 71.9 Å². The van der Waals surface area contributed by atoms with Crippen LogP contribution in [0.25, 0.3) is 10.9 Å². The molecule has 1 amide bonds. The molecule has 4 fully saturated rings. The molecule has 0 bridgehead atoms. The lowest BCUT2D eigenvalue weighted by molar-refractivity contribution is -0.120. The van der Waals surface area contributed by atoms with Gasteiger partial charge in [0.05, 0.1) is 12.0 Å². The van der Waals surface area contributed by atoms with Gasteiger partial charge in [-0.25, -0.2) is 10.2 Å². The number of nitrogens with zero attached hydrogens (tertiary/aromatic N) is 1. The SMILES string of the molecule is C[C@]12CCC(=NNC(=O)Cc3c[nH]c4ccccc34)CC1CC[C@@H]1[C@@H]2CC[C@]2(C)C(OC(=O)c3ccccc3)CC[C@@H]12. The van der Waals surface area contributed by atoms with Crippen LogP contribution in [0.3, 0.4) is 0 Å². The van der Waals surface area contributed by atoms with Crippen LogP contribution in [0.2, 0.25) is 0 Å². The summed E-state index contributed by atoms with van der Waals surface area (Å²) in [6.07, 6.45) is 12.4. The number of carbonyl (C=O) groups is 2. The van der Waals surface area contributed by atoms with E-state index in [2.05, 4.69) is 35.4 Å². The second kappa shape index (κ2) is 10.7. The number of carbonyl (C=O) groups excluding carboxylic acids is 2. The number of rotatable bonds is 5. The van der Waals surface area contributed by atoms with Crippen molar-refractivity contribution in [1.82, 2.24) is 10.4 Å². The summed E-state index contributed by atoms with van der Waals surface area (Å²) < 4.78 is 6.20. The third-order valence-corrected chi connectivity index (χ3v) is 12.0. The first-order valence-electron chi connectivity index (χ1n) is 16.0. The number of nitrogens with one attached hydrogen (secondary N) is 2. The molecular formula is C36H43N3O3. The van der Waals surface area contributed by atoms with E-state index in [9.17, 15) is 9.59 Å². The van der Waals surface area contributed by atoms with E-state index in [1.807, 2.05) is 54.7 Å². The van der Waals surface area contributed by atoms with Gasteiger partial charge >= 0.3 is 5.97 Å². The molecule has 220 valence electrons. The van der Waals surface area contributed by atoms with Gasteiger partial charge < -0.3 is 9.72 Å². The standard InChI is InChI=1S/C36H43N3O3/c1-35-18-16-26(38-39-33(40)20-24-22-37-31-11-7-6-10-27(24)31)21-25(35)12-13-28-29-14-15-32(36(29,2)19-17-30(28)35)42-34(41)23-8-4-3-5-9-23/h3-11,22,25,28-30,32,37H,12-21H2,1-2H3,(H,39,40)/t25?,28-,29-,30-,32?,35-,36-/m0/s1. The van der Waals surface area contributed by atoms with Crippen molar-refractivity contribution in [3.63, 3.8) is 0 Å². The molecule has 2 unspecified atom stereocenters. The smallest absolute Gasteiger partial charge is 0.338 e. The molecule has 1 aromatic heterocycles. The molecule has 6 heteroatoms. The van der Waals surface area contributed by atoms with E-state index in [1.165, 1.54) is 25.7 Å². The van der Waals surface area contributed by atoms with E-state index in [1.54, 1.807) is 0 Å². The Morgan fingerprint density at radius 2 is 1.71 bits per heavy atom. The van der Waals surface area contributed by atoms with E-state index in [-0.39, 0.29) is 23.4 Å². The molecule has 4 saturated carbocycles. The molecule has 0 aliphatic heterocycles. The highest BCUT2D eigenvalue weighted by Crippen LogP contribution is 2.66. The van der Waals surface area contributed by atoms with E-state index < -0.39 is 0 Å². The molecule has 0 spiro atoms. The Labute approximate surface area is 248 Å². The summed E-state index contributed by atoms with van der Waals surface area (Å²) >= 11 is 0. The van der Waals surface area contributed by atoms with Gasteiger partial charge in [-0.3, -0.25) is 4.79 Å². The van der Waals surface area contributed by atoms with Gasteiger partial charge in [-0.2, -0.15) is 5.10 Å². The monoisotopic (exact) mass is 565 g/mol. The third-order valence-electron chi connectivity index (χ3n) is 12.0. The zero-order valence-corrected chi connectivity index (χ0v) is 24.9. The Morgan fingerprint density at radius 1 is 0.929 bits per heavy atom. The zero-order valence-electron chi connectivity index (χ0n) is 24.9. The minimum absolute atomic E-state index is 0.0136. The molecule has 7 atom stereocenters. The summed E-state index contributed by atoms with van der Waals surface area (Å²) in [6.45, 7) is 4.95. The van der Waals surface area contributed by atoms with Gasteiger partial charge in [0.25, 0.3) is 0 Å². The predicted octanol–water partition coefficient (Wildman–Crippen LogP) is 7.45. The fraction of sp³-hybridized carbons (Fsp3) is 0.528. The highest BCUT2D eigenvalue weighted by atomic mass is 16.5. The minimum atomic E-state index is -0.173. The van der Waals surface area contributed by atoms with Crippen LogP contribution in [-0.4, -0.2) is 28.7 Å². The maximum absolute atomic E-state index is 12.9. The lowest BCUT2D eigenvalue weighted by atomic mass is 9.45. The Balaban J connectivity index is 0.984. The molecule has 0 radical (unpaired) electrons. The van der Waals surface area contributed by atoms with Gasteiger partial charge in [-0.15, -0.1) is 0 Å². The Morgan fingerprint density at radius 3 is 2.57 bits per heavy atom. The first kappa shape index (κ1) is 27.4. The number of para-hydroxylation sites is 1. The second-order valence-electron chi connectivity index (χ2n) is 14.0. The highest BCUT2D eigenvalue weighted by molar-refractivity contribution is 5.91. The van der Waals surface area contributed by atoms with Crippen LogP contribution in [0.1, 0.15) is 87.6 Å². The van der Waals surface area contributed by atoms with Crippen LogP contribution < -0.4 is 5.43 Å². The minimum Gasteiger partial charge on any atom is -0.458 e. The molecule has 7 rings (SSSR count). The molecule has 4 aliphatic rings. The number of fused-ring (bicyclic) bond motifs is 6. The van der Waals surface area contributed by atoms with Gasteiger partial charge in [0.2, 0.25) is 5.91 Å². The van der Waals surface area contributed by atoms with Gasteiger partial charge in [-0.1, -0.05) is 50.2 Å². The number of hydrazone groups is 1. The van der Waals surface area contributed by atoms with Crippen molar-refractivity contribution in [2.45, 2.75) is 84.2 Å². The average Bonchev–Trinajstić information content (AvgIpc) is 3.56. The summed E-state index contributed by atoms with van der Waals surface area (Å²) in [5, 5.41) is 5.75. The molecule has 0 saturated heterocycles. The number of amides is 1. The van der Waals surface area contributed by atoms with Crippen molar-refractivity contribution in [3.8, 4) is 0 Å². The van der Waals surface area contributed by atoms with E-state index in [0.29, 0.717) is 35.2 Å².